The summed E-state index contributed by atoms with van der Waals surface area (Å²) >= 11 is 0. The number of carbonyl (C=O) groups is 6. The number of carbonyl (C=O) groups excluding carboxylic acids is 6. The minimum atomic E-state index is -1.45. The fourth-order valence-corrected chi connectivity index (χ4v) is 4.70. The quantitative estimate of drug-likeness (QED) is 0.0544. The highest BCUT2D eigenvalue weighted by Crippen LogP contribution is 2.10. The van der Waals surface area contributed by atoms with Gasteiger partial charge < -0.3 is 47.0 Å². The molecule has 1 rings (SSSR count). The SMILES string of the molecule is CC(=O)N[C@@H](Cc1ccccc1)C(=O)N[C@@H](CO)C(=O)N[C@@H](CC(C)C)C(=O)N[C@@H](CCCC[N+](C)(C)C)C(=O)N[C@@H](CO)C(N)=O. The molecule has 0 heterocycles. The van der Waals surface area contributed by atoms with E-state index in [9.17, 15) is 39.0 Å². The molecule has 1 aromatic rings. The summed E-state index contributed by atoms with van der Waals surface area (Å²) < 4.78 is 0.695. The van der Waals surface area contributed by atoms with Crippen LogP contribution in [0.25, 0.3) is 0 Å². The number of quaternary nitrogens is 1. The molecule has 0 bridgehead atoms. The van der Waals surface area contributed by atoms with Crippen molar-refractivity contribution in [1.82, 2.24) is 26.6 Å². The summed E-state index contributed by atoms with van der Waals surface area (Å²) in [6, 6.07) is 2.82. The molecular formula is C32H54N7O8+. The van der Waals surface area contributed by atoms with Gasteiger partial charge in [0.25, 0.3) is 0 Å². The predicted molar refractivity (Wildman–Crippen MR) is 175 cm³/mol. The van der Waals surface area contributed by atoms with E-state index < -0.39 is 78.9 Å². The van der Waals surface area contributed by atoms with Crippen LogP contribution in [0.15, 0.2) is 30.3 Å². The Bertz CT molecular complexity index is 1190. The number of rotatable bonds is 21. The summed E-state index contributed by atoms with van der Waals surface area (Å²) in [5.41, 5.74) is 6.02. The third kappa shape index (κ3) is 16.4. The van der Waals surface area contributed by atoms with Crippen molar-refractivity contribution in [3.63, 3.8) is 0 Å². The highest BCUT2D eigenvalue weighted by atomic mass is 16.3. The van der Waals surface area contributed by atoms with Crippen LogP contribution in [0.2, 0.25) is 0 Å². The molecule has 0 spiro atoms. The summed E-state index contributed by atoms with van der Waals surface area (Å²) in [5.74, 6) is -4.46. The van der Waals surface area contributed by atoms with Crippen molar-refractivity contribution >= 4 is 35.4 Å². The minimum absolute atomic E-state index is 0.0892. The van der Waals surface area contributed by atoms with Crippen molar-refractivity contribution in [3.05, 3.63) is 35.9 Å². The maximum Gasteiger partial charge on any atom is 0.245 e. The highest BCUT2D eigenvalue weighted by molar-refractivity contribution is 5.96. The van der Waals surface area contributed by atoms with Crippen molar-refractivity contribution in [3.8, 4) is 0 Å². The lowest BCUT2D eigenvalue weighted by Gasteiger charge is -2.27. The van der Waals surface area contributed by atoms with Crippen LogP contribution in [-0.2, 0) is 35.2 Å². The van der Waals surface area contributed by atoms with Gasteiger partial charge in [0, 0.05) is 13.3 Å². The largest absolute Gasteiger partial charge is 0.394 e. The molecule has 264 valence electrons. The maximum atomic E-state index is 13.5. The monoisotopic (exact) mass is 664 g/mol. The fourth-order valence-electron chi connectivity index (χ4n) is 4.70. The molecule has 1 aromatic carbocycles. The number of unbranched alkanes of at least 4 members (excludes halogenated alkanes) is 1. The Morgan fingerprint density at radius 3 is 1.70 bits per heavy atom. The average Bonchev–Trinajstić information content (AvgIpc) is 2.98. The van der Waals surface area contributed by atoms with Gasteiger partial charge in [0.1, 0.15) is 30.2 Å². The van der Waals surface area contributed by atoms with E-state index in [4.69, 9.17) is 5.73 Å². The molecule has 0 saturated carbocycles. The molecule has 6 amide bonds. The Hall–Kier alpha value is -4.08. The smallest absolute Gasteiger partial charge is 0.245 e. The average molecular weight is 665 g/mol. The normalized spacial score (nSPS) is 14.6. The molecule has 0 aromatic heterocycles. The Morgan fingerprint density at radius 2 is 1.19 bits per heavy atom. The number of aliphatic hydroxyl groups excluding tert-OH is 2. The first-order chi connectivity index (χ1) is 22.0. The molecule has 47 heavy (non-hydrogen) atoms. The van der Waals surface area contributed by atoms with E-state index in [1.54, 1.807) is 30.3 Å². The number of primary amides is 1. The third-order valence-corrected chi connectivity index (χ3v) is 7.18. The molecule has 0 aliphatic carbocycles. The Labute approximate surface area is 277 Å². The number of hydrogen-bond acceptors (Lipinski definition) is 8. The van der Waals surface area contributed by atoms with Gasteiger partial charge in [0.05, 0.1) is 40.9 Å². The second-order valence-corrected chi connectivity index (χ2v) is 13.1. The van der Waals surface area contributed by atoms with Crippen LogP contribution in [0.5, 0.6) is 0 Å². The van der Waals surface area contributed by atoms with Gasteiger partial charge in [0.2, 0.25) is 35.4 Å². The zero-order valence-corrected chi connectivity index (χ0v) is 28.4. The predicted octanol–water partition coefficient (Wildman–Crippen LogP) is -1.93. The first-order valence-electron chi connectivity index (χ1n) is 15.8. The number of aliphatic hydroxyl groups is 2. The summed E-state index contributed by atoms with van der Waals surface area (Å²) in [5, 5.41) is 32.1. The summed E-state index contributed by atoms with van der Waals surface area (Å²) in [6.45, 7) is 4.19. The molecule has 0 fully saturated rings. The van der Waals surface area contributed by atoms with Crippen molar-refractivity contribution < 1.29 is 43.5 Å². The second-order valence-electron chi connectivity index (χ2n) is 13.1. The van der Waals surface area contributed by atoms with Gasteiger partial charge in [-0.3, -0.25) is 28.8 Å². The number of nitrogens with zero attached hydrogens (tertiary/aromatic N) is 1. The Balaban J connectivity index is 3.11. The van der Waals surface area contributed by atoms with Crippen molar-refractivity contribution in [2.24, 2.45) is 11.7 Å². The van der Waals surface area contributed by atoms with Crippen molar-refractivity contribution in [1.29, 1.82) is 0 Å². The first kappa shape index (κ1) is 40.9. The highest BCUT2D eigenvalue weighted by Gasteiger charge is 2.32. The van der Waals surface area contributed by atoms with E-state index in [2.05, 4.69) is 26.6 Å². The molecule has 15 nitrogen and oxygen atoms in total. The molecule has 0 aliphatic heterocycles. The van der Waals surface area contributed by atoms with Crippen LogP contribution in [0.3, 0.4) is 0 Å². The van der Waals surface area contributed by atoms with E-state index in [0.717, 1.165) is 18.5 Å². The molecule has 0 aliphatic rings. The van der Waals surface area contributed by atoms with Gasteiger partial charge in [-0.25, -0.2) is 0 Å². The lowest BCUT2D eigenvalue weighted by Crippen LogP contribution is -2.60. The van der Waals surface area contributed by atoms with Crippen molar-refractivity contribution in [2.75, 3.05) is 40.9 Å². The molecule has 5 atom stereocenters. The fraction of sp³-hybridized carbons (Fsp3) is 0.625. The Morgan fingerprint density at radius 1 is 0.702 bits per heavy atom. The lowest BCUT2D eigenvalue weighted by atomic mass is 10.0. The van der Waals surface area contributed by atoms with Crippen LogP contribution in [0.1, 0.15) is 52.0 Å². The molecule has 9 N–H and O–H groups in total. The maximum absolute atomic E-state index is 13.5. The van der Waals surface area contributed by atoms with Crippen LogP contribution in [0.4, 0.5) is 0 Å². The zero-order valence-electron chi connectivity index (χ0n) is 28.4. The van der Waals surface area contributed by atoms with E-state index in [-0.39, 0.29) is 25.2 Å². The molecular weight excluding hydrogens is 610 g/mol. The topological polar surface area (TPSA) is 229 Å². The van der Waals surface area contributed by atoms with Gasteiger partial charge in [0.15, 0.2) is 0 Å². The second kappa shape index (κ2) is 20.2. The van der Waals surface area contributed by atoms with E-state index in [1.807, 2.05) is 35.0 Å². The van der Waals surface area contributed by atoms with Gasteiger partial charge in [-0.2, -0.15) is 0 Å². The van der Waals surface area contributed by atoms with Gasteiger partial charge >= 0.3 is 0 Å². The van der Waals surface area contributed by atoms with Crippen molar-refractivity contribution in [2.45, 2.75) is 83.1 Å². The van der Waals surface area contributed by atoms with Gasteiger partial charge in [-0.05, 0) is 37.2 Å². The van der Waals surface area contributed by atoms with Gasteiger partial charge in [-0.1, -0.05) is 44.2 Å². The van der Waals surface area contributed by atoms with E-state index in [0.29, 0.717) is 10.9 Å². The van der Waals surface area contributed by atoms with Crippen LogP contribution in [0, 0.1) is 5.92 Å². The summed E-state index contributed by atoms with van der Waals surface area (Å²) in [6.07, 6.45) is 1.78. The Kier molecular flexibility index (Phi) is 17.6. The number of nitrogens with one attached hydrogen (secondary N) is 5. The van der Waals surface area contributed by atoms with Crippen LogP contribution < -0.4 is 32.3 Å². The summed E-state index contributed by atoms with van der Waals surface area (Å²) in [4.78, 5) is 76.5. The van der Waals surface area contributed by atoms with Crippen LogP contribution >= 0.6 is 0 Å². The van der Waals surface area contributed by atoms with E-state index >= 15 is 0 Å². The standard InChI is InChI=1S/C32H53N7O8/c1-20(2)16-24(30(45)35-23(14-10-11-15-39(4,5)6)29(44)37-26(18-40)28(33)43)36-32(47)27(19-41)38-31(46)25(34-21(3)42)17-22-12-8-7-9-13-22/h7-9,12-13,20,23-27,40-41H,10-11,14-19H2,1-6H3,(H6-,33,34,35,36,37,38,42,43,44,45,46,47)/p+1/t23-,24-,25-,26-,27-/m0/s1. The minimum Gasteiger partial charge on any atom is -0.394 e. The first-order valence-corrected chi connectivity index (χ1v) is 15.8. The van der Waals surface area contributed by atoms with Gasteiger partial charge in [-0.15, -0.1) is 0 Å². The number of nitrogens with two attached hydrogens (primary N) is 1. The lowest BCUT2D eigenvalue weighted by molar-refractivity contribution is -0.870. The third-order valence-electron chi connectivity index (χ3n) is 7.18. The molecule has 0 unspecified atom stereocenters. The zero-order chi connectivity index (χ0) is 35.7. The molecule has 0 saturated heterocycles. The number of amides is 6. The molecule has 15 heteroatoms. The van der Waals surface area contributed by atoms with E-state index in [1.165, 1.54) is 6.92 Å². The summed E-state index contributed by atoms with van der Waals surface area (Å²) in [7, 11) is 6.07. The van der Waals surface area contributed by atoms with Crippen LogP contribution in [-0.4, -0.2) is 121 Å². The molecule has 0 radical (unpaired) electrons. The number of benzene rings is 1. The number of hydrogen-bond donors (Lipinski definition) is 8.